The first-order valence-corrected chi connectivity index (χ1v) is 7.98. The predicted octanol–water partition coefficient (Wildman–Crippen LogP) is 2.78. The van der Waals surface area contributed by atoms with E-state index in [1.54, 1.807) is 17.0 Å². The highest BCUT2D eigenvalue weighted by Crippen LogP contribution is 2.16. The average Bonchev–Trinajstić information content (AvgIpc) is 2.96. The first-order chi connectivity index (χ1) is 11.5. The average molecular weight is 332 g/mol. The summed E-state index contributed by atoms with van der Waals surface area (Å²) in [5.74, 6) is 0.381. The summed E-state index contributed by atoms with van der Waals surface area (Å²) < 4.78 is 18.9. The molecule has 7 heteroatoms. The number of hydrogen-bond acceptors (Lipinski definition) is 4. The van der Waals surface area contributed by atoms with Crippen LogP contribution in [0.3, 0.4) is 0 Å². The molecule has 2 heterocycles. The topological polar surface area (TPSA) is 61.6 Å². The zero-order chi connectivity index (χ0) is 17.1. The first kappa shape index (κ1) is 16.4. The summed E-state index contributed by atoms with van der Waals surface area (Å²) in [5.41, 5.74) is 1.93. The van der Waals surface area contributed by atoms with E-state index in [0.717, 1.165) is 30.1 Å². The van der Waals surface area contributed by atoms with E-state index in [1.165, 1.54) is 6.07 Å². The van der Waals surface area contributed by atoms with Crippen molar-refractivity contribution in [1.29, 1.82) is 0 Å². The zero-order valence-electron chi connectivity index (χ0n) is 13.9. The van der Waals surface area contributed by atoms with Gasteiger partial charge in [0.25, 0.3) is 0 Å². The fraction of sp³-hybridized carbons (Fsp3) is 0.412. The zero-order valence-corrected chi connectivity index (χ0v) is 13.9. The van der Waals surface area contributed by atoms with Crippen molar-refractivity contribution in [3.05, 3.63) is 47.1 Å². The second-order valence-electron chi connectivity index (χ2n) is 6.11. The number of piperazine rings is 1. The van der Waals surface area contributed by atoms with Crippen LogP contribution in [-0.2, 0) is 6.54 Å². The molecule has 0 unspecified atom stereocenters. The minimum atomic E-state index is -0.414. The Morgan fingerprint density at radius 1 is 1.25 bits per heavy atom. The number of anilines is 1. The van der Waals surface area contributed by atoms with E-state index in [-0.39, 0.29) is 11.7 Å². The Kier molecular flexibility index (Phi) is 4.80. The molecular formula is C17H21FN4O2. The summed E-state index contributed by atoms with van der Waals surface area (Å²) in [6.07, 6.45) is 0. The number of rotatable bonds is 3. The molecule has 6 nitrogen and oxygen atoms in total. The van der Waals surface area contributed by atoms with E-state index in [2.05, 4.69) is 15.4 Å². The van der Waals surface area contributed by atoms with Gasteiger partial charge in [0.15, 0.2) is 0 Å². The SMILES string of the molecule is Cc1ccc(NC(=O)N2CCN(Cc3cc(C)on3)CC2)c(F)c1. The lowest BCUT2D eigenvalue weighted by atomic mass is 10.2. The fourth-order valence-corrected chi connectivity index (χ4v) is 2.75. The molecule has 1 aliphatic rings. The molecule has 1 aliphatic heterocycles. The number of nitrogens with zero attached hydrogens (tertiary/aromatic N) is 3. The molecule has 3 rings (SSSR count). The van der Waals surface area contributed by atoms with E-state index in [0.29, 0.717) is 19.6 Å². The fourth-order valence-electron chi connectivity index (χ4n) is 2.75. The number of carbonyl (C=O) groups excluding carboxylic acids is 1. The van der Waals surface area contributed by atoms with E-state index >= 15 is 0 Å². The van der Waals surface area contributed by atoms with Crippen molar-refractivity contribution in [1.82, 2.24) is 15.0 Å². The van der Waals surface area contributed by atoms with Crippen LogP contribution < -0.4 is 5.32 Å². The summed E-state index contributed by atoms with van der Waals surface area (Å²) in [4.78, 5) is 16.2. The Morgan fingerprint density at radius 3 is 2.62 bits per heavy atom. The Balaban J connectivity index is 1.51. The maximum absolute atomic E-state index is 13.8. The van der Waals surface area contributed by atoms with Gasteiger partial charge >= 0.3 is 6.03 Å². The van der Waals surface area contributed by atoms with Gasteiger partial charge in [-0.1, -0.05) is 11.2 Å². The highest BCUT2D eigenvalue weighted by Gasteiger charge is 2.22. The van der Waals surface area contributed by atoms with Crippen molar-refractivity contribution in [3.63, 3.8) is 0 Å². The van der Waals surface area contributed by atoms with E-state index in [1.807, 2.05) is 19.9 Å². The van der Waals surface area contributed by atoms with Crippen LogP contribution >= 0.6 is 0 Å². The van der Waals surface area contributed by atoms with Crippen molar-refractivity contribution in [3.8, 4) is 0 Å². The number of hydrogen-bond donors (Lipinski definition) is 1. The molecule has 1 N–H and O–H groups in total. The molecule has 1 fully saturated rings. The third kappa shape index (κ3) is 3.91. The molecule has 2 amide bonds. The second kappa shape index (κ2) is 7.00. The van der Waals surface area contributed by atoms with Gasteiger partial charge in [0, 0.05) is 38.8 Å². The number of benzene rings is 1. The van der Waals surface area contributed by atoms with Crippen LogP contribution in [0, 0.1) is 19.7 Å². The van der Waals surface area contributed by atoms with Crippen LogP contribution in [0.15, 0.2) is 28.8 Å². The first-order valence-electron chi connectivity index (χ1n) is 7.98. The van der Waals surface area contributed by atoms with Crippen molar-refractivity contribution in [2.75, 3.05) is 31.5 Å². The maximum Gasteiger partial charge on any atom is 0.322 e. The Bertz CT molecular complexity index is 723. The van der Waals surface area contributed by atoms with Gasteiger partial charge in [-0.15, -0.1) is 0 Å². The van der Waals surface area contributed by atoms with Crippen LogP contribution in [0.25, 0.3) is 0 Å². The van der Waals surface area contributed by atoms with Gasteiger partial charge < -0.3 is 14.7 Å². The molecule has 1 aromatic heterocycles. The Labute approximate surface area is 140 Å². The highest BCUT2D eigenvalue weighted by atomic mass is 19.1. The molecule has 24 heavy (non-hydrogen) atoms. The third-order valence-electron chi connectivity index (χ3n) is 4.09. The molecule has 1 aromatic carbocycles. The number of nitrogens with one attached hydrogen (secondary N) is 1. The predicted molar refractivity (Wildman–Crippen MR) is 88.2 cm³/mol. The maximum atomic E-state index is 13.8. The lowest BCUT2D eigenvalue weighted by molar-refractivity contribution is 0.141. The number of aryl methyl sites for hydroxylation is 2. The largest absolute Gasteiger partial charge is 0.361 e. The van der Waals surface area contributed by atoms with E-state index in [4.69, 9.17) is 4.52 Å². The number of carbonyl (C=O) groups is 1. The van der Waals surface area contributed by atoms with Crippen LogP contribution in [-0.4, -0.2) is 47.2 Å². The van der Waals surface area contributed by atoms with Crippen molar-refractivity contribution in [2.24, 2.45) is 0 Å². The van der Waals surface area contributed by atoms with E-state index in [9.17, 15) is 9.18 Å². The van der Waals surface area contributed by atoms with Crippen LogP contribution in [0.5, 0.6) is 0 Å². The number of amides is 2. The van der Waals surface area contributed by atoms with Gasteiger partial charge in [0.2, 0.25) is 0 Å². The molecule has 0 radical (unpaired) electrons. The number of halogens is 1. The summed E-state index contributed by atoms with van der Waals surface area (Å²) in [6, 6.07) is 6.42. The van der Waals surface area contributed by atoms with Gasteiger partial charge in [-0.25, -0.2) is 9.18 Å². The Hall–Kier alpha value is -2.41. The smallest absolute Gasteiger partial charge is 0.322 e. The van der Waals surface area contributed by atoms with Gasteiger partial charge in [-0.2, -0.15) is 0 Å². The highest BCUT2D eigenvalue weighted by molar-refractivity contribution is 5.89. The number of urea groups is 1. The third-order valence-corrected chi connectivity index (χ3v) is 4.09. The molecular weight excluding hydrogens is 311 g/mol. The summed E-state index contributed by atoms with van der Waals surface area (Å²) in [6.45, 7) is 7.06. The lowest BCUT2D eigenvalue weighted by Crippen LogP contribution is -2.49. The normalized spacial score (nSPS) is 15.5. The second-order valence-corrected chi connectivity index (χ2v) is 6.11. The lowest BCUT2D eigenvalue weighted by Gasteiger charge is -2.34. The Morgan fingerprint density at radius 2 is 2.00 bits per heavy atom. The minimum Gasteiger partial charge on any atom is -0.361 e. The van der Waals surface area contributed by atoms with Gasteiger partial charge in [0.05, 0.1) is 11.4 Å². The molecule has 0 atom stereocenters. The molecule has 0 bridgehead atoms. The molecule has 128 valence electrons. The molecule has 2 aromatic rings. The van der Waals surface area contributed by atoms with Crippen molar-refractivity contribution >= 4 is 11.7 Å². The van der Waals surface area contributed by atoms with Gasteiger partial charge in [0.1, 0.15) is 11.6 Å². The molecule has 1 saturated heterocycles. The molecule has 0 aliphatic carbocycles. The summed E-state index contributed by atoms with van der Waals surface area (Å²) in [7, 11) is 0. The van der Waals surface area contributed by atoms with Gasteiger partial charge in [-0.05, 0) is 31.5 Å². The van der Waals surface area contributed by atoms with Crippen LogP contribution in [0.4, 0.5) is 14.9 Å². The monoisotopic (exact) mass is 332 g/mol. The molecule has 0 saturated carbocycles. The standard InChI is InChI=1S/C17H21FN4O2/c1-12-3-4-16(15(18)9-12)19-17(23)22-7-5-21(6-8-22)11-14-10-13(2)24-20-14/h3-4,9-10H,5-8,11H2,1-2H3,(H,19,23). The number of aromatic nitrogens is 1. The van der Waals surface area contributed by atoms with Gasteiger partial charge in [-0.3, -0.25) is 4.90 Å². The van der Waals surface area contributed by atoms with Crippen LogP contribution in [0.2, 0.25) is 0 Å². The van der Waals surface area contributed by atoms with Crippen LogP contribution in [0.1, 0.15) is 17.0 Å². The summed E-state index contributed by atoms with van der Waals surface area (Å²) in [5, 5.41) is 6.63. The van der Waals surface area contributed by atoms with Crippen molar-refractivity contribution in [2.45, 2.75) is 20.4 Å². The molecule has 0 spiro atoms. The summed E-state index contributed by atoms with van der Waals surface area (Å²) >= 11 is 0. The quantitative estimate of drug-likeness (QED) is 0.939. The van der Waals surface area contributed by atoms with Crippen molar-refractivity contribution < 1.29 is 13.7 Å². The minimum absolute atomic E-state index is 0.214. The van der Waals surface area contributed by atoms with E-state index < -0.39 is 5.82 Å².